The van der Waals surface area contributed by atoms with Crippen LogP contribution in [0.2, 0.25) is 0 Å². The lowest BCUT2D eigenvalue weighted by Gasteiger charge is -2.34. The molecule has 0 atom stereocenters. The van der Waals surface area contributed by atoms with Crippen LogP contribution in [0.1, 0.15) is 11.1 Å². The molecule has 2 aromatic rings. The highest BCUT2D eigenvalue weighted by atomic mass is 16.1. The number of carbonyl (C=O) groups is 2. The first-order valence-electron chi connectivity index (χ1n) is 8.54. The topological polar surface area (TPSA) is 52.7 Å². The summed E-state index contributed by atoms with van der Waals surface area (Å²) in [4.78, 5) is 27.0. The molecule has 0 aliphatic carbocycles. The lowest BCUT2D eigenvalue weighted by Crippen LogP contribution is -2.45. The number of nitrogens with zero attached hydrogens (tertiary/aromatic N) is 2. The Labute approximate surface area is 148 Å². The van der Waals surface area contributed by atoms with E-state index in [1.54, 1.807) is 4.90 Å². The van der Waals surface area contributed by atoms with Gasteiger partial charge in [0.05, 0.1) is 6.42 Å². The van der Waals surface area contributed by atoms with E-state index in [4.69, 9.17) is 0 Å². The Kier molecular flexibility index (Phi) is 5.33. The van der Waals surface area contributed by atoms with Crippen molar-refractivity contribution in [2.45, 2.75) is 13.3 Å². The minimum Gasteiger partial charge on any atom is -0.368 e. The first-order valence-corrected chi connectivity index (χ1v) is 8.54. The van der Waals surface area contributed by atoms with E-state index in [1.165, 1.54) is 5.56 Å². The zero-order chi connectivity index (χ0) is 17.6. The van der Waals surface area contributed by atoms with E-state index in [-0.39, 0.29) is 5.91 Å². The number of anilines is 2. The molecule has 3 rings (SSSR count). The van der Waals surface area contributed by atoms with Gasteiger partial charge in [0.25, 0.3) is 0 Å². The van der Waals surface area contributed by atoms with Gasteiger partial charge in [-0.15, -0.1) is 0 Å². The summed E-state index contributed by atoms with van der Waals surface area (Å²) in [7, 11) is 0. The molecule has 1 aliphatic rings. The van der Waals surface area contributed by atoms with Crippen molar-refractivity contribution in [1.29, 1.82) is 0 Å². The van der Waals surface area contributed by atoms with Crippen molar-refractivity contribution < 1.29 is 9.59 Å². The van der Waals surface area contributed by atoms with Crippen LogP contribution in [0.15, 0.2) is 48.5 Å². The molecule has 130 valence electrons. The van der Waals surface area contributed by atoms with E-state index in [0.29, 0.717) is 6.42 Å². The summed E-state index contributed by atoms with van der Waals surface area (Å²) in [5.41, 5.74) is 4.11. The molecule has 1 fully saturated rings. The van der Waals surface area contributed by atoms with Crippen molar-refractivity contribution in [3.8, 4) is 0 Å². The lowest BCUT2D eigenvalue weighted by atomic mass is 10.1. The molecule has 0 saturated carbocycles. The highest BCUT2D eigenvalue weighted by molar-refractivity contribution is 5.92. The smallest absolute Gasteiger partial charge is 0.228 e. The van der Waals surface area contributed by atoms with Gasteiger partial charge in [-0.1, -0.05) is 29.8 Å². The van der Waals surface area contributed by atoms with Gasteiger partial charge in [0.2, 0.25) is 12.3 Å². The minimum atomic E-state index is -0.0174. The van der Waals surface area contributed by atoms with Crippen molar-refractivity contribution in [3.63, 3.8) is 0 Å². The summed E-state index contributed by atoms with van der Waals surface area (Å²) < 4.78 is 0. The summed E-state index contributed by atoms with van der Waals surface area (Å²) in [5.74, 6) is -0.0174. The Hall–Kier alpha value is -2.82. The monoisotopic (exact) mass is 337 g/mol. The molecule has 1 saturated heterocycles. The maximum atomic E-state index is 12.2. The fraction of sp³-hybridized carbons (Fsp3) is 0.300. The van der Waals surface area contributed by atoms with Gasteiger partial charge in [0, 0.05) is 37.6 Å². The van der Waals surface area contributed by atoms with E-state index in [1.807, 2.05) is 55.5 Å². The van der Waals surface area contributed by atoms with Crippen LogP contribution in [0.3, 0.4) is 0 Å². The predicted molar refractivity (Wildman–Crippen MR) is 99.8 cm³/mol. The van der Waals surface area contributed by atoms with E-state index < -0.39 is 0 Å². The first kappa shape index (κ1) is 17.0. The number of carbonyl (C=O) groups excluding carboxylic acids is 2. The maximum absolute atomic E-state index is 12.2. The summed E-state index contributed by atoms with van der Waals surface area (Å²) in [6, 6.07) is 15.9. The average Bonchev–Trinajstić information content (AvgIpc) is 2.64. The Bertz CT molecular complexity index is 718. The van der Waals surface area contributed by atoms with E-state index >= 15 is 0 Å². The Balaban J connectivity index is 1.54. The Morgan fingerprint density at radius 1 is 1.00 bits per heavy atom. The third-order valence-electron chi connectivity index (χ3n) is 4.46. The van der Waals surface area contributed by atoms with Gasteiger partial charge in [-0.05, 0) is 36.8 Å². The molecule has 1 aliphatic heterocycles. The van der Waals surface area contributed by atoms with Gasteiger partial charge in [-0.3, -0.25) is 9.59 Å². The van der Waals surface area contributed by atoms with Crippen LogP contribution in [0.5, 0.6) is 0 Å². The van der Waals surface area contributed by atoms with Crippen molar-refractivity contribution in [3.05, 3.63) is 59.7 Å². The lowest BCUT2D eigenvalue weighted by molar-refractivity contribution is -0.118. The standard InChI is InChI=1S/C20H23N3O2/c1-16-2-4-17(5-3-16)14-20(25)21-18-6-8-19(9-7-18)23-12-10-22(15-24)11-13-23/h2-9,15H,10-14H2,1H3,(H,21,25). The SMILES string of the molecule is Cc1ccc(CC(=O)Nc2ccc(N3CCN(C=O)CC3)cc2)cc1. The molecule has 1 heterocycles. The van der Waals surface area contributed by atoms with E-state index in [2.05, 4.69) is 10.2 Å². The fourth-order valence-electron chi connectivity index (χ4n) is 2.94. The maximum Gasteiger partial charge on any atom is 0.228 e. The van der Waals surface area contributed by atoms with Crippen molar-refractivity contribution in [1.82, 2.24) is 4.90 Å². The molecule has 2 amide bonds. The number of hydrogen-bond donors (Lipinski definition) is 1. The summed E-state index contributed by atoms with van der Waals surface area (Å²) in [5, 5.41) is 2.94. The van der Waals surface area contributed by atoms with Gasteiger partial charge in [0.15, 0.2) is 0 Å². The number of aryl methyl sites for hydroxylation is 1. The molecule has 2 aromatic carbocycles. The van der Waals surface area contributed by atoms with Crippen LogP contribution in [-0.4, -0.2) is 43.4 Å². The van der Waals surface area contributed by atoms with Gasteiger partial charge in [-0.2, -0.15) is 0 Å². The van der Waals surface area contributed by atoms with Gasteiger partial charge in [0.1, 0.15) is 0 Å². The molecular weight excluding hydrogens is 314 g/mol. The highest BCUT2D eigenvalue weighted by Gasteiger charge is 2.15. The average molecular weight is 337 g/mol. The molecule has 5 heteroatoms. The van der Waals surface area contributed by atoms with E-state index in [9.17, 15) is 9.59 Å². The number of rotatable bonds is 5. The summed E-state index contributed by atoms with van der Waals surface area (Å²) in [6.07, 6.45) is 1.28. The molecule has 0 spiro atoms. The molecule has 0 bridgehead atoms. The van der Waals surface area contributed by atoms with Gasteiger partial charge in [-0.25, -0.2) is 0 Å². The number of nitrogens with one attached hydrogen (secondary N) is 1. The van der Waals surface area contributed by atoms with Crippen molar-refractivity contribution >= 4 is 23.7 Å². The zero-order valence-electron chi connectivity index (χ0n) is 14.4. The summed E-state index contributed by atoms with van der Waals surface area (Å²) in [6.45, 7) is 5.19. The molecule has 5 nitrogen and oxygen atoms in total. The quantitative estimate of drug-likeness (QED) is 0.853. The van der Waals surface area contributed by atoms with Crippen LogP contribution >= 0.6 is 0 Å². The van der Waals surface area contributed by atoms with E-state index in [0.717, 1.165) is 49.5 Å². The number of amides is 2. The van der Waals surface area contributed by atoms with Crippen LogP contribution in [0.25, 0.3) is 0 Å². The third-order valence-corrected chi connectivity index (χ3v) is 4.46. The van der Waals surface area contributed by atoms with Crippen LogP contribution in [0, 0.1) is 6.92 Å². The normalized spacial score (nSPS) is 14.3. The van der Waals surface area contributed by atoms with Crippen molar-refractivity contribution in [2.75, 3.05) is 36.4 Å². The first-order chi connectivity index (χ1) is 12.1. The minimum absolute atomic E-state index is 0.0174. The summed E-state index contributed by atoms with van der Waals surface area (Å²) >= 11 is 0. The fourth-order valence-corrected chi connectivity index (χ4v) is 2.94. The van der Waals surface area contributed by atoms with Crippen LogP contribution < -0.4 is 10.2 Å². The molecule has 1 N–H and O–H groups in total. The molecule has 0 aromatic heterocycles. The highest BCUT2D eigenvalue weighted by Crippen LogP contribution is 2.19. The second kappa shape index (κ2) is 7.83. The van der Waals surface area contributed by atoms with Crippen LogP contribution in [-0.2, 0) is 16.0 Å². The molecule has 0 radical (unpaired) electrons. The number of hydrogen-bond acceptors (Lipinski definition) is 3. The van der Waals surface area contributed by atoms with Crippen LogP contribution in [0.4, 0.5) is 11.4 Å². The van der Waals surface area contributed by atoms with Crippen molar-refractivity contribution in [2.24, 2.45) is 0 Å². The molecule has 0 unspecified atom stereocenters. The zero-order valence-corrected chi connectivity index (χ0v) is 14.4. The van der Waals surface area contributed by atoms with Gasteiger partial charge < -0.3 is 15.1 Å². The largest absolute Gasteiger partial charge is 0.368 e. The van der Waals surface area contributed by atoms with Gasteiger partial charge >= 0.3 is 0 Å². The second-order valence-electron chi connectivity index (χ2n) is 6.39. The second-order valence-corrected chi connectivity index (χ2v) is 6.39. The Morgan fingerprint density at radius 2 is 1.64 bits per heavy atom. The number of piperazine rings is 1. The molecular formula is C20H23N3O2. The molecule has 25 heavy (non-hydrogen) atoms. The Morgan fingerprint density at radius 3 is 2.24 bits per heavy atom. The predicted octanol–water partition coefficient (Wildman–Crippen LogP) is 2.45. The third kappa shape index (κ3) is 4.59. The number of benzene rings is 2.